The molecule has 0 amide bonds. The zero-order chi connectivity index (χ0) is 14.4. The third kappa shape index (κ3) is 1.68. The van der Waals surface area contributed by atoms with Crippen LogP contribution in [0.15, 0.2) is 47.4 Å². The molecule has 4 rings (SSSR count). The molecule has 0 bridgehead atoms. The van der Waals surface area contributed by atoms with Gasteiger partial charge in [0.25, 0.3) is 0 Å². The van der Waals surface area contributed by atoms with Crippen molar-refractivity contribution in [3.05, 3.63) is 48.5 Å². The summed E-state index contributed by atoms with van der Waals surface area (Å²) in [7, 11) is 0. The predicted octanol–water partition coefficient (Wildman–Crippen LogP) is 2.24. The maximum Gasteiger partial charge on any atom is 0.339 e. The van der Waals surface area contributed by atoms with Gasteiger partial charge in [-0.15, -0.1) is 0 Å². The summed E-state index contributed by atoms with van der Waals surface area (Å²) in [5, 5.41) is 13.4. The second-order valence-electron chi connectivity index (χ2n) is 4.44. The Balaban J connectivity index is 1.99. The smallest absolute Gasteiger partial charge is 0.339 e. The van der Waals surface area contributed by atoms with Gasteiger partial charge in [-0.25, -0.2) is 14.3 Å². The first kappa shape index (κ1) is 11.6. The molecule has 3 heterocycles. The molecule has 1 N–H and O–H groups in total. The van der Waals surface area contributed by atoms with Gasteiger partial charge in [0.2, 0.25) is 5.89 Å². The number of rotatable bonds is 2. The van der Waals surface area contributed by atoms with Crippen LogP contribution in [0, 0.1) is 0 Å². The Morgan fingerprint density at radius 2 is 2.19 bits per heavy atom. The summed E-state index contributed by atoms with van der Waals surface area (Å²) < 4.78 is 7.29. The van der Waals surface area contributed by atoms with Crippen molar-refractivity contribution in [1.82, 2.24) is 19.6 Å². The zero-order valence-corrected chi connectivity index (χ0v) is 10.6. The van der Waals surface area contributed by atoms with Gasteiger partial charge in [-0.05, 0) is 12.1 Å². The van der Waals surface area contributed by atoms with E-state index >= 15 is 0 Å². The van der Waals surface area contributed by atoms with E-state index in [4.69, 9.17) is 4.42 Å². The van der Waals surface area contributed by atoms with E-state index in [-0.39, 0.29) is 11.1 Å². The molecule has 0 aliphatic heterocycles. The monoisotopic (exact) mass is 280 g/mol. The normalized spacial score (nSPS) is 11.2. The van der Waals surface area contributed by atoms with E-state index in [1.807, 2.05) is 0 Å². The van der Waals surface area contributed by atoms with Crippen LogP contribution in [0.3, 0.4) is 0 Å². The second kappa shape index (κ2) is 4.14. The molecule has 0 spiro atoms. The van der Waals surface area contributed by atoms with Crippen molar-refractivity contribution in [3.63, 3.8) is 0 Å². The highest BCUT2D eigenvalue weighted by atomic mass is 16.4. The molecule has 102 valence electrons. The van der Waals surface area contributed by atoms with Gasteiger partial charge in [-0.1, -0.05) is 6.07 Å². The van der Waals surface area contributed by atoms with Crippen LogP contribution >= 0.6 is 0 Å². The molecule has 3 aromatic heterocycles. The van der Waals surface area contributed by atoms with Crippen molar-refractivity contribution >= 4 is 22.6 Å². The number of nitrogens with zero attached hydrogens (tertiary/aromatic N) is 4. The van der Waals surface area contributed by atoms with Gasteiger partial charge in [0.15, 0.2) is 5.58 Å². The molecule has 0 saturated heterocycles. The predicted molar refractivity (Wildman–Crippen MR) is 72.9 cm³/mol. The molecule has 0 radical (unpaired) electrons. The van der Waals surface area contributed by atoms with Gasteiger partial charge in [-0.2, -0.15) is 5.10 Å². The number of oxazole rings is 1. The molecule has 0 aliphatic rings. The number of hydrogen-bond acceptors (Lipinski definition) is 5. The van der Waals surface area contributed by atoms with Gasteiger partial charge in [0.1, 0.15) is 11.1 Å². The van der Waals surface area contributed by atoms with Gasteiger partial charge in [-0.3, -0.25) is 4.98 Å². The second-order valence-corrected chi connectivity index (χ2v) is 4.44. The Morgan fingerprint density at radius 3 is 3.05 bits per heavy atom. The van der Waals surface area contributed by atoms with Crippen molar-refractivity contribution in [2.75, 3.05) is 0 Å². The molecule has 21 heavy (non-hydrogen) atoms. The first-order valence-corrected chi connectivity index (χ1v) is 6.14. The summed E-state index contributed by atoms with van der Waals surface area (Å²) >= 11 is 0. The molecular formula is C14H8N4O3. The molecule has 0 fully saturated rings. The molecule has 0 saturated carbocycles. The first-order valence-electron chi connectivity index (χ1n) is 6.14. The van der Waals surface area contributed by atoms with E-state index in [2.05, 4.69) is 15.1 Å². The molecule has 0 atom stereocenters. The highest BCUT2D eigenvalue weighted by molar-refractivity contribution is 6.00. The van der Waals surface area contributed by atoms with E-state index in [1.54, 1.807) is 41.4 Å². The van der Waals surface area contributed by atoms with E-state index in [1.165, 1.54) is 6.07 Å². The number of carbonyl (C=O) groups is 1. The Labute approximate surface area is 117 Å². The Hall–Kier alpha value is -3.22. The van der Waals surface area contributed by atoms with Gasteiger partial charge < -0.3 is 9.52 Å². The Kier molecular flexibility index (Phi) is 2.28. The quantitative estimate of drug-likeness (QED) is 0.605. The summed E-state index contributed by atoms with van der Waals surface area (Å²) in [6, 6.07) is 4.83. The number of carboxylic acids is 1. The topological polar surface area (TPSA) is 93.5 Å². The summed E-state index contributed by atoms with van der Waals surface area (Å²) in [5.41, 5.74) is 2.23. The highest BCUT2D eigenvalue weighted by Crippen LogP contribution is 2.28. The fourth-order valence-electron chi connectivity index (χ4n) is 2.23. The number of aromatic nitrogens is 4. The molecule has 7 nitrogen and oxygen atoms in total. The van der Waals surface area contributed by atoms with Crippen LogP contribution in [0.25, 0.3) is 28.1 Å². The lowest BCUT2D eigenvalue weighted by atomic mass is 10.2. The third-order valence-corrected chi connectivity index (χ3v) is 3.20. The lowest BCUT2D eigenvalue weighted by molar-refractivity contribution is 0.0698. The van der Waals surface area contributed by atoms with Gasteiger partial charge in [0, 0.05) is 12.4 Å². The summed E-state index contributed by atoms with van der Waals surface area (Å²) in [6.07, 6.45) is 6.60. The molecule has 1 aromatic carbocycles. The Bertz CT molecular complexity index is 986. The number of carboxylic acid groups (broad SMARTS) is 1. The lowest BCUT2D eigenvalue weighted by Gasteiger charge is -1.93. The number of aromatic carboxylic acids is 1. The number of hydrogen-bond donors (Lipinski definition) is 1. The number of para-hydroxylation sites is 1. The van der Waals surface area contributed by atoms with Gasteiger partial charge >= 0.3 is 5.97 Å². The van der Waals surface area contributed by atoms with Crippen LogP contribution in [0.2, 0.25) is 0 Å². The van der Waals surface area contributed by atoms with E-state index in [0.717, 1.165) is 5.52 Å². The van der Waals surface area contributed by atoms with Crippen LogP contribution in [-0.4, -0.2) is 30.7 Å². The molecule has 4 aromatic rings. The van der Waals surface area contributed by atoms with Crippen molar-refractivity contribution in [2.24, 2.45) is 0 Å². The van der Waals surface area contributed by atoms with Crippen LogP contribution in [-0.2, 0) is 0 Å². The average Bonchev–Trinajstić information content (AvgIpc) is 3.09. The van der Waals surface area contributed by atoms with E-state index < -0.39 is 5.97 Å². The van der Waals surface area contributed by atoms with Crippen LogP contribution < -0.4 is 0 Å². The SMILES string of the molecule is O=C(O)c1cccc2nc(-c3cnn4ccncc34)oc12. The van der Waals surface area contributed by atoms with Crippen molar-refractivity contribution in [2.45, 2.75) is 0 Å². The molecule has 0 unspecified atom stereocenters. The maximum atomic E-state index is 11.2. The Morgan fingerprint density at radius 1 is 1.29 bits per heavy atom. The molecular weight excluding hydrogens is 272 g/mol. The zero-order valence-electron chi connectivity index (χ0n) is 10.6. The summed E-state index contributed by atoms with van der Waals surface area (Å²) in [4.78, 5) is 19.6. The standard InChI is InChI=1S/C14H8N4O3/c19-14(20)8-2-1-3-10-12(8)21-13(17-10)9-6-16-18-5-4-15-7-11(9)18/h1-7H,(H,19,20). The van der Waals surface area contributed by atoms with E-state index in [9.17, 15) is 9.90 Å². The molecule has 0 aliphatic carbocycles. The van der Waals surface area contributed by atoms with Crippen molar-refractivity contribution in [3.8, 4) is 11.5 Å². The largest absolute Gasteiger partial charge is 0.478 e. The van der Waals surface area contributed by atoms with Crippen molar-refractivity contribution < 1.29 is 14.3 Å². The lowest BCUT2D eigenvalue weighted by Crippen LogP contribution is -1.95. The summed E-state index contributed by atoms with van der Waals surface area (Å²) in [6.45, 7) is 0. The minimum absolute atomic E-state index is 0.0841. The van der Waals surface area contributed by atoms with Crippen molar-refractivity contribution in [1.29, 1.82) is 0 Å². The minimum atomic E-state index is -1.05. The number of fused-ring (bicyclic) bond motifs is 2. The summed E-state index contributed by atoms with van der Waals surface area (Å²) in [5.74, 6) is -0.730. The average molecular weight is 280 g/mol. The fourth-order valence-corrected chi connectivity index (χ4v) is 2.23. The first-order chi connectivity index (χ1) is 10.2. The van der Waals surface area contributed by atoms with Crippen LogP contribution in [0.5, 0.6) is 0 Å². The highest BCUT2D eigenvalue weighted by Gasteiger charge is 2.17. The minimum Gasteiger partial charge on any atom is -0.478 e. The maximum absolute atomic E-state index is 11.2. The van der Waals surface area contributed by atoms with E-state index in [0.29, 0.717) is 17.0 Å². The van der Waals surface area contributed by atoms with Crippen LogP contribution in [0.1, 0.15) is 10.4 Å². The molecule has 7 heteroatoms. The van der Waals surface area contributed by atoms with Gasteiger partial charge in [0.05, 0.1) is 23.5 Å². The number of benzene rings is 1. The van der Waals surface area contributed by atoms with Crippen LogP contribution in [0.4, 0.5) is 0 Å². The fraction of sp³-hybridized carbons (Fsp3) is 0. The third-order valence-electron chi connectivity index (χ3n) is 3.20.